The number of hydroxylamine groups is 2. The summed E-state index contributed by atoms with van der Waals surface area (Å²) in [6.07, 6.45) is 2.61. The Hall–Kier alpha value is -4.43. The van der Waals surface area contributed by atoms with Crippen molar-refractivity contribution < 1.29 is 18.8 Å². The molecule has 0 spiro atoms. The Labute approximate surface area is 255 Å². The quantitative estimate of drug-likeness (QED) is 0.248. The number of pyridine rings is 2. The van der Waals surface area contributed by atoms with Gasteiger partial charge in [-0.3, -0.25) is 10.2 Å². The number of piperazine rings is 1. The molecule has 0 aliphatic carbocycles. The first-order valence-electron chi connectivity index (χ1n) is 14.7. The summed E-state index contributed by atoms with van der Waals surface area (Å²) in [6, 6.07) is 15.7. The Bertz CT molecular complexity index is 1560. The number of hydrogen-bond acceptors (Lipinski definition) is 9. The molecule has 12 nitrogen and oxygen atoms in total. The zero-order valence-corrected chi connectivity index (χ0v) is 24.7. The van der Waals surface area contributed by atoms with E-state index in [2.05, 4.69) is 25.8 Å². The molecule has 3 aromatic heterocycles. The minimum atomic E-state index is -0.616. The van der Waals surface area contributed by atoms with E-state index >= 15 is 0 Å². The van der Waals surface area contributed by atoms with Gasteiger partial charge in [-0.1, -0.05) is 18.2 Å². The Kier molecular flexibility index (Phi) is 9.07. The molecule has 3 N–H and O–H groups in total. The van der Waals surface area contributed by atoms with Crippen molar-refractivity contribution in [3.63, 3.8) is 0 Å². The van der Waals surface area contributed by atoms with Gasteiger partial charge in [-0.25, -0.2) is 19.4 Å². The summed E-state index contributed by atoms with van der Waals surface area (Å²) in [7, 11) is 1.61. The van der Waals surface area contributed by atoms with Crippen molar-refractivity contribution >= 4 is 17.7 Å². The third-order valence-electron chi connectivity index (χ3n) is 7.79. The predicted molar refractivity (Wildman–Crippen MR) is 164 cm³/mol. The number of anilines is 2. The van der Waals surface area contributed by atoms with E-state index in [9.17, 15) is 9.18 Å². The van der Waals surface area contributed by atoms with Crippen molar-refractivity contribution in [2.24, 2.45) is 0 Å². The maximum absolute atomic E-state index is 14.0. The van der Waals surface area contributed by atoms with Gasteiger partial charge in [-0.15, -0.1) is 0 Å². The lowest BCUT2D eigenvalue weighted by molar-refractivity contribution is -0.154. The number of urea groups is 1. The van der Waals surface area contributed by atoms with Crippen LogP contribution >= 0.6 is 0 Å². The summed E-state index contributed by atoms with van der Waals surface area (Å²) in [5.41, 5.74) is 3.72. The highest BCUT2D eigenvalue weighted by molar-refractivity contribution is 5.91. The van der Waals surface area contributed by atoms with E-state index in [1.807, 2.05) is 55.6 Å². The summed E-state index contributed by atoms with van der Waals surface area (Å²) < 4.78 is 20.9. The predicted octanol–water partition coefficient (Wildman–Crippen LogP) is 3.31. The third-order valence-corrected chi connectivity index (χ3v) is 7.79. The van der Waals surface area contributed by atoms with Gasteiger partial charge < -0.3 is 20.3 Å². The summed E-state index contributed by atoms with van der Waals surface area (Å²) >= 11 is 0. The van der Waals surface area contributed by atoms with Gasteiger partial charge in [0.25, 0.3) is 0 Å². The number of aromatic nitrogens is 4. The Morgan fingerprint density at radius 2 is 1.95 bits per heavy atom. The number of ether oxygens (including phenoxy) is 1. The smallest absolute Gasteiger partial charge is 0.320 e. The molecule has 2 aliphatic heterocycles. The van der Waals surface area contributed by atoms with Gasteiger partial charge >= 0.3 is 6.03 Å². The van der Waals surface area contributed by atoms with Crippen LogP contribution in [0.4, 0.5) is 20.8 Å². The largest absolute Gasteiger partial charge is 0.383 e. The van der Waals surface area contributed by atoms with E-state index in [0.29, 0.717) is 36.8 Å². The molecule has 230 valence electrons. The Morgan fingerprint density at radius 1 is 1.14 bits per heavy atom. The number of nitrogens with zero attached hydrogens (tertiary/aromatic N) is 6. The molecular weight excluding hydrogens is 565 g/mol. The molecule has 2 saturated heterocycles. The SMILES string of the molecule is COCCN1C[C@@H](NC(=O)Nc2c(C)c(-c3ccc(N4CCNCC4)nc3)nn2-c2ccccc2)[C@H](c2ccnc(F)c2)O1. The van der Waals surface area contributed by atoms with Crippen molar-refractivity contribution in [3.05, 3.63) is 84.1 Å². The average Bonchev–Trinajstić information content (AvgIpc) is 3.61. The van der Waals surface area contributed by atoms with E-state index < -0.39 is 24.1 Å². The number of nitrogens with one attached hydrogen (secondary N) is 3. The average molecular weight is 602 g/mol. The zero-order valence-electron chi connectivity index (χ0n) is 24.7. The molecule has 2 amide bonds. The first-order chi connectivity index (χ1) is 21.5. The third kappa shape index (κ3) is 6.55. The van der Waals surface area contributed by atoms with Crippen molar-refractivity contribution in [1.29, 1.82) is 0 Å². The van der Waals surface area contributed by atoms with Crippen LogP contribution in [0.3, 0.4) is 0 Å². The fourth-order valence-electron chi connectivity index (χ4n) is 5.53. The molecule has 2 fully saturated rings. The van der Waals surface area contributed by atoms with Gasteiger partial charge in [0.2, 0.25) is 5.95 Å². The molecule has 0 unspecified atom stereocenters. The van der Waals surface area contributed by atoms with Crippen LogP contribution in [-0.2, 0) is 9.57 Å². The van der Waals surface area contributed by atoms with E-state index in [-0.39, 0.29) is 0 Å². The Balaban J connectivity index is 1.25. The van der Waals surface area contributed by atoms with Crippen molar-refractivity contribution in [3.8, 4) is 16.9 Å². The summed E-state index contributed by atoms with van der Waals surface area (Å²) in [5, 5.41) is 16.1. The second-order valence-electron chi connectivity index (χ2n) is 10.7. The molecule has 2 aliphatic rings. The first kappa shape index (κ1) is 29.6. The van der Waals surface area contributed by atoms with E-state index in [1.165, 1.54) is 12.3 Å². The summed E-state index contributed by atoms with van der Waals surface area (Å²) in [4.78, 5) is 30.3. The van der Waals surface area contributed by atoms with Crippen LogP contribution in [0.25, 0.3) is 16.9 Å². The molecular formula is C31H36FN9O3. The van der Waals surface area contributed by atoms with E-state index in [0.717, 1.165) is 48.8 Å². The fraction of sp³-hybridized carbons (Fsp3) is 0.355. The van der Waals surface area contributed by atoms with E-state index in [4.69, 9.17) is 19.7 Å². The topological polar surface area (TPSA) is 122 Å². The fourth-order valence-corrected chi connectivity index (χ4v) is 5.53. The first-order valence-corrected chi connectivity index (χ1v) is 14.7. The monoisotopic (exact) mass is 601 g/mol. The second-order valence-corrected chi connectivity index (χ2v) is 10.7. The standard InChI is InChI=1S/C31H36FN9O3/c1-21-28(23-8-9-27(35-19-23)39-14-12-33-13-15-39)38-41(24-6-4-3-5-7-24)30(21)37-31(42)36-25-20-40(16-17-43-2)44-29(25)22-10-11-34-26(32)18-22/h3-11,18-19,25,29,33H,12-17,20H2,1-2H3,(H2,36,37,42)/t25-,29+/m1/s1. The molecule has 13 heteroatoms. The molecule has 4 aromatic rings. The minimum absolute atomic E-state index is 0.388. The van der Waals surface area contributed by atoms with Crippen molar-refractivity contribution in [2.45, 2.75) is 19.1 Å². The summed E-state index contributed by atoms with van der Waals surface area (Å²) in [6.45, 7) is 6.92. The van der Waals surface area contributed by atoms with Gasteiger partial charge in [0.15, 0.2) is 0 Å². The highest BCUT2D eigenvalue weighted by Crippen LogP contribution is 2.32. The maximum atomic E-state index is 14.0. The lowest BCUT2D eigenvalue weighted by atomic mass is 10.0. The molecule has 0 saturated carbocycles. The number of carbonyl (C=O) groups excluding carboxylic acids is 1. The van der Waals surface area contributed by atoms with Crippen molar-refractivity contribution in [1.82, 2.24) is 35.4 Å². The number of carbonyl (C=O) groups is 1. The Morgan fingerprint density at radius 3 is 2.68 bits per heavy atom. The maximum Gasteiger partial charge on any atom is 0.320 e. The second kappa shape index (κ2) is 13.5. The lowest BCUT2D eigenvalue weighted by Gasteiger charge is -2.28. The van der Waals surface area contributed by atoms with Gasteiger partial charge in [0, 0.05) is 69.9 Å². The number of amides is 2. The normalized spacial score (nSPS) is 18.8. The van der Waals surface area contributed by atoms with E-state index in [1.54, 1.807) is 22.9 Å². The van der Waals surface area contributed by atoms with Crippen molar-refractivity contribution in [2.75, 3.05) is 63.2 Å². The van der Waals surface area contributed by atoms with Crippen LogP contribution < -0.4 is 20.9 Å². The van der Waals surface area contributed by atoms with Crippen LogP contribution in [0.2, 0.25) is 0 Å². The van der Waals surface area contributed by atoms with Crippen LogP contribution in [0.1, 0.15) is 17.2 Å². The van der Waals surface area contributed by atoms with Gasteiger partial charge in [-0.05, 0) is 48.9 Å². The molecule has 6 rings (SSSR count). The number of para-hydroxylation sites is 1. The lowest BCUT2D eigenvalue weighted by Crippen LogP contribution is -2.43. The minimum Gasteiger partial charge on any atom is -0.383 e. The number of methoxy groups -OCH3 is 1. The number of benzene rings is 1. The number of halogens is 1. The molecule has 1 aromatic carbocycles. The highest BCUT2D eigenvalue weighted by atomic mass is 19.1. The highest BCUT2D eigenvalue weighted by Gasteiger charge is 2.37. The van der Waals surface area contributed by atoms with Gasteiger partial charge in [-0.2, -0.15) is 14.6 Å². The zero-order chi connectivity index (χ0) is 30.5. The molecule has 2 atom stereocenters. The molecule has 0 bridgehead atoms. The number of rotatable bonds is 9. The number of hydrogen-bond donors (Lipinski definition) is 3. The molecule has 44 heavy (non-hydrogen) atoms. The van der Waals surface area contributed by atoms with Crippen LogP contribution in [-0.4, -0.2) is 89.9 Å². The van der Waals surface area contributed by atoms with Gasteiger partial charge in [0.1, 0.15) is 17.7 Å². The van der Waals surface area contributed by atoms with Crippen LogP contribution in [0, 0.1) is 12.9 Å². The van der Waals surface area contributed by atoms with Crippen LogP contribution in [0.15, 0.2) is 67.0 Å². The van der Waals surface area contributed by atoms with Crippen LogP contribution in [0.5, 0.6) is 0 Å². The van der Waals surface area contributed by atoms with Gasteiger partial charge in [0.05, 0.1) is 24.0 Å². The molecule has 0 radical (unpaired) electrons. The molecule has 5 heterocycles. The summed E-state index contributed by atoms with van der Waals surface area (Å²) in [5.74, 6) is 0.835.